The molecule has 0 unspecified atom stereocenters. The molecule has 0 fully saturated rings. The summed E-state index contributed by atoms with van der Waals surface area (Å²) in [5, 5.41) is 15.2. The molecule has 3 N–H and O–H groups in total. The van der Waals surface area contributed by atoms with Gasteiger partial charge in [-0.05, 0) is 18.1 Å². The number of para-hydroxylation sites is 1. The van der Waals surface area contributed by atoms with Crippen molar-refractivity contribution in [2.75, 3.05) is 5.32 Å². The first-order valence-electron chi connectivity index (χ1n) is 9.44. The van der Waals surface area contributed by atoms with Crippen molar-refractivity contribution in [2.24, 2.45) is 0 Å². The molecular formula is C22H22N2O4. The monoisotopic (exact) mass is 378 g/mol. The number of carboxylic acids is 1. The van der Waals surface area contributed by atoms with E-state index in [2.05, 4.69) is 10.6 Å². The molecule has 0 aromatic heterocycles. The maximum absolute atomic E-state index is 12.5. The van der Waals surface area contributed by atoms with Crippen molar-refractivity contribution < 1.29 is 19.4 Å². The second kappa shape index (κ2) is 7.48. The van der Waals surface area contributed by atoms with Gasteiger partial charge in [-0.2, -0.15) is 0 Å². The molecule has 6 heteroatoms. The van der Waals surface area contributed by atoms with Crippen LogP contribution in [-0.2, 0) is 27.5 Å². The number of ether oxygens (including phenoxy) is 1. The maximum Gasteiger partial charge on any atom is 0.320 e. The molecule has 4 rings (SSSR count). The first kappa shape index (κ1) is 18.3. The Labute approximate surface area is 163 Å². The smallest absolute Gasteiger partial charge is 0.320 e. The van der Waals surface area contributed by atoms with Gasteiger partial charge >= 0.3 is 5.97 Å². The van der Waals surface area contributed by atoms with Gasteiger partial charge in [0.1, 0.15) is 18.4 Å². The molecule has 0 saturated heterocycles. The molecule has 0 bridgehead atoms. The second-order valence-electron chi connectivity index (χ2n) is 7.04. The Morgan fingerprint density at radius 1 is 1.25 bits per heavy atom. The van der Waals surface area contributed by atoms with E-state index in [1.165, 1.54) is 0 Å². The van der Waals surface area contributed by atoms with Crippen molar-refractivity contribution in [3.8, 4) is 0 Å². The Morgan fingerprint density at radius 3 is 2.86 bits per heavy atom. The van der Waals surface area contributed by atoms with Gasteiger partial charge < -0.3 is 20.5 Å². The Kier molecular flexibility index (Phi) is 4.88. The van der Waals surface area contributed by atoms with Crippen LogP contribution in [0.1, 0.15) is 42.0 Å². The summed E-state index contributed by atoms with van der Waals surface area (Å²) in [7, 11) is 0. The van der Waals surface area contributed by atoms with Crippen molar-refractivity contribution in [3.63, 3.8) is 0 Å². The molecule has 1 atom stereocenters. The predicted molar refractivity (Wildman–Crippen MR) is 106 cm³/mol. The highest BCUT2D eigenvalue weighted by Crippen LogP contribution is 2.41. The zero-order valence-electron chi connectivity index (χ0n) is 15.6. The van der Waals surface area contributed by atoms with Crippen LogP contribution in [0, 0.1) is 0 Å². The molecule has 2 aliphatic rings. The summed E-state index contributed by atoms with van der Waals surface area (Å²) in [6.07, 6.45) is 1.40. The Hall–Kier alpha value is -3.12. The summed E-state index contributed by atoms with van der Waals surface area (Å²) in [6, 6.07) is 12.9. The van der Waals surface area contributed by atoms with E-state index in [-0.39, 0.29) is 5.91 Å². The normalized spacial score (nSPS) is 18.2. The lowest BCUT2D eigenvalue weighted by molar-refractivity contribution is -0.139. The molecule has 0 spiro atoms. The van der Waals surface area contributed by atoms with Crippen molar-refractivity contribution in [3.05, 3.63) is 64.7 Å². The summed E-state index contributed by atoms with van der Waals surface area (Å²) < 4.78 is 5.90. The number of rotatable bonds is 6. The standard InChI is InChI=1S/C22H22N2O4/c1-2-5-18(22(26)27)23-11-13-8-9-15-14(10-13)12-28-20(15)19-16-6-3-4-7-17(16)24-21(19)25/h3-4,6-10,18,23H,2,5,11-12H2,1H3,(H,24,25)(H,26,27)/t18-/m0/s1. The molecule has 2 aliphatic heterocycles. The molecule has 28 heavy (non-hydrogen) atoms. The van der Waals surface area contributed by atoms with Gasteiger partial charge in [-0.1, -0.05) is 49.7 Å². The minimum Gasteiger partial charge on any atom is -0.487 e. The number of fused-ring (bicyclic) bond motifs is 2. The molecule has 2 aromatic rings. The first-order chi connectivity index (χ1) is 13.6. The molecule has 0 radical (unpaired) electrons. The van der Waals surface area contributed by atoms with E-state index < -0.39 is 12.0 Å². The quantitative estimate of drug-likeness (QED) is 0.671. The minimum absolute atomic E-state index is 0.154. The van der Waals surface area contributed by atoms with Gasteiger partial charge in [0.25, 0.3) is 5.91 Å². The molecule has 0 aliphatic carbocycles. The summed E-state index contributed by atoms with van der Waals surface area (Å²) >= 11 is 0. The average molecular weight is 378 g/mol. The average Bonchev–Trinajstić information content (AvgIpc) is 3.23. The number of nitrogens with one attached hydrogen (secondary N) is 2. The minimum atomic E-state index is -0.829. The van der Waals surface area contributed by atoms with Gasteiger partial charge in [0, 0.05) is 28.9 Å². The molecule has 144 valence electrons. The van der Waals surface area contributed by atoms with Crippen LogP contribution in [0.5, 0.6) is 0 Å². The summed E-state index contributed by atoms with van der Waals surface area (Å²) in [6.45, 7) is 2.84. The maximum atomic E-state index is 12.5. The number of hydrogen-bond acceptors (Lipinski definition) is 4. The fourth-order valence-electron chi connectivity index (χ4n) is 3.72. The number of hydrogen-bond donors (Lipinski definition) is 3. The zero-order valence-corrected chi connectivity index (χ0v) is 15.6. The van der Waals surface area contributed by atoms with E-state index in [9.17, 15) is 14.7 Å². The van der Waals surface area contributed by atoms with Gasteiger partial charge in [-0.25, -0.2) is 0 Å². The van der Waals surface area contributed by atoms with Crippen LogP contribution >= 0.6 is 0 Å². The lowest BCUT2D eigenvalue weighted by Gasteiger charge is -2.13. The fraction of sp³-hybridized carbons (Fsp3) is 0.273. The van der Waals surface area contributed by atoms with Gasteiger partial charge in [-0.15, -0.1) is 0 Å². The third kappa shape index (κ3) is 3.27. The number of carboxylic acid groups (broad SMARTS) is 1. The van der Waals surface area contributed by atoms with Crippen molar-refractivity contribution in [2.45, 2.75) is 39.0 Å². The topological polar surface area (TPSA) is 87.7 Å². The van der Waals surface area contributed by atoms with Crippen LogP contribution in [0.15, 0.2) is 42.5 Å². The number of amides is 1. The van der Waals surface area contributed by atoms with Gasteiger partial charge in [0.15, 0.2) is 0 Å². The highest BCUT2D eigenvalue weighted by Gasteiger charge is 2.32. The Morgan fingerprint density at radius 2 is 2.07 bits per heavy atom. The third-order valence-corrected chi connectivity index (χ3v) is 5.11. The van der Waals surface area contributed by atoms with Crippen molar-refractivity contribution in [1.82, 2.24) is 5.32 Å². The van der Waals surface area contributed by atoms with Crippen LogP contribution in [-0.4, -0.2) is 23.0 Å². The molecular weight excluding hydrogens is 356 g/mol. The van der Waals surface area contributed by atoms with Crippen LogP contribution in [0.25, 0.3) is 11.3 Å². The lowest BCUT2D eigenvalue weighted by atomic mass is 9.99. The van der Waals surface area contributed by atoms with Crippen molar-refractivity contribution >= 4 is 28.9 Å². The molecule has 6 nitrogen and oxygen atoms in total. The lowest BCUT2D eigenvalue weighted by Crippen LogP contribution is -2.36. The molecule has 1 amide bonds. The van der Waals surface area contributed by atoms with E-state index in [1.807, 2.05) is 49.4 Å². The fourth-order valence-corrected chi connectivity index (χ4v) is 3.72. The van der Waals surface area contributed by atoms with Crippen LogP contribution in [0.4, 0.5) is 5.69 Å². The predicted octanol–water partition coefficient (Wildman–Crippen LogP) is 3.38. The van der Waals surface area contributed by atoms with E-state index in [0.717, 1.165) is 34.4 Å². The first-order valence-corrected chi connectivity index (χ1v) is 9.44. The molecule has 2 heterocycles. The molecule has 0 saturated carbocycles. The van der Waals surface area contributed by atoms with E-state index in [0.29, 0.717) is 30.9 Å². The van der Waals surface area contributed by atoms with Gasteiger partial charge in [0.05, 0.1) is 5.57 Å². The zero-order chi connectivity index (χ0) is 19.7. The number of carbonyl (C=O) groups is 2. The van der Waals surface area contributed by atoms with Crippen LogP contribution in [0.2, 0.25) is 0 Å². The Balaban J connectivity index is 1.60. The van der Waals surface area contributed by atoms with Crippen LogP contribution in [0.3, 0.4) is 0 Å². The SMILES string of the molecule is CCC[C@H](NCc1ccc2c(c1)COC2=C1C(=O)Nc2ccccc21)C(=O)O. The van der Waals surface area contributed by atoms with E-state index in [4.69, 9.17) is 4.74 Å². The van der Waals surface area contributed by atoms with Crippen LogP contribution < -0.4 is 10.6 Å². The third-order valence-electron chi connectivity index (χ3n) is 5.11. The van der Waals surface area contributed by atoms with Gasteiger partial charge in [0.2, 0.25) is 0 Å². The highest BCUT2D eigenvalue weighted by atomic mass is 16.5. The van der Waals surface area contributed by atoms with E-state index >= 15 is 0 Å². The number of carbonyl (C=O) groups excluding carboxylic acids is 1. The van der Waals surface area contributed by atoms with Gasteiger partial charge in [-0.3, -0.25) is 9.59 Å². The summed E-state index contributed by atoms with van der Waals surface area (Å²) in [5.74, 6) is -0.380. The molecule has 2 aromatic carbocycles. The largest absolute Gasteiger partial charge is 0.487 e. The summed E-state index contributed by atoms with van der Waals surface area (Å²) in [5.41, 5.74) is 5.12. The van der Waals surface area contributed by atoms with E-state index in [1.54, 1.807) is 0 Å². The van der Waals surface area contributed by atoms with Crippen molar-refractivity contribution in [1.29, 1.82) is 0 Å². The highest BCUT2D eigenvalue weighted by molar-refractivity contribution is 6.36. The summed E-state index contributed by atoms with van der Waals surface area (Å²) in [4.78, 5) is 23.8. The number of anilines is 1. The number of benzene rings is 2. The number of aliphatic carboxylic acids is 1. The second-order valence-corrected chi connectivity index (χ2v) is 7.04. The Bertz CT molecular complexity index is 980.